The van der Waals surface area contributed by atoms with Gasteiger partial charge in [-0.2, -0.15) is 0 Å². The monoisotopic (exact) mass is 461 g/mol. The molecule has 32 heavy (non-hydrogen) atoms. The van der Waals surface area contributed by atoms with Gasteiger partial charge in [-0.15, -0.1) is 0 Å². The molecule has 2 amide bonds. The average molecular weight is 462 g/mol. The summed E-state index contributed by atoms with van der Waals surface area (Å²) in [5.74, 6) is 0.730. The maximum atomic E-state index is 12.8. The Morgan fingerprint density at radius 1 is 1.25 bits per heavy atom. The van der Waals surface area contributed by atoms with Crippen molar-refractivity contribution in [2.24, 2.45) is 16.8 Å². The Morgan fingerprint density at radius 3 is 2.53 bits per heavy atom. The lowest BCUT2D eigenvalue weighted by Gasteiger charge is -2.35. The molecule has 1 fully saturated rings. The van der Waals surface area contributed by atoms with Gasteiger partial charge in [-0.25, -0.2) is 4.99 Å². The van der Waals surface area contributed by atoms with Crippen LogP contribution in [0.4, 0.5) is 5.69 Å². The van der Waals surface area contributed by atoms with Crippen LogP contribution in [0.25, 0.3) is 0 Å². The molecule has 9 heteroatoms. The number of piperidine rings is 1. The van der Waals surface area contributed by atoms with Crippen LogP contribution >= 0.6 is 11.8 Å². The van der Waals surface area contributed by atoms with Gasteiger partial charge in [0.15, 0.2) is 11.4 Å². The third-order valence-corrected chi connectivity index (χ3v) is 6.95. The number of rotatable bonds is 7. The predicted molar refractivity (Wildman–Crippen MR) is 128 cm³/mol. The van der Waals surface area contributed by atoms with E-state index in [0.29, 0.717) is 29.6 Å². The summed E-state index contributed by atoms with van der Waals surface area (Å²) in [6.07, 6.45) is 1.74. The van der Waals surface area contributed by atoms with Gasteiger partial charge in [-0.1, -0.05) is 39.0 Å². The predicted octanol–water partition coefficient (Wildman–Crippen LogP) is 3.52. The number of carbonyl (C=O) groups is 2. The average Bonchev–Trinajstić information content (AvgIpc) is 3.11. The van der Waals surface area contributed by atoms with Crippen molar-refractivity contribution in [3.63, 3.8) is 0 Å². The van der Waals surface area contributed by atoms with Crippen molar-refractivity contribution in [2.45, 2.75) is 57.9 Å². The van der Waals surface area contributed by atoms with Crippen molar-refractivity contribution < 1.29 is 14.7 Å². The lowest BCUT2D eigenvalue weighted by Crippen LogP contribution is -2.42. The maximum Gasteiger partial charge on any atom is 0.253 e. The van der Waals surface area contributed by atoms with Crippen LogP contribution in [0.1, 0.15) is 56.8 Å². The minimum atomic E-state index is -1.08. The zero-order chi connectivity index (χ0) is 23.3. The van der Waals surface area contributed by atoms with E-state index in [0.717, 1.165) is 49.2 Å². The van der Waals surface area contributed by atoms with E-state index in [1.807, 2.05) is 11.8 Å². The first kappa shape index (κ1) is 24.5. The van der Waals surface area contributed by atoms with Gasteiger partial charge in [0.05, 0.1) is 5.25 Å². The van der Waals surface area contributed by atoms with Crippen LogP contribution in [0, 0.1) is 17.0 Å². The fourth-order valence-electron chi connectivity index (χ4n) is 4.19. The van der Waals surface area contributed by atoms with E-state index in [1.54, 1.807) is 24.3 Å². The van der Waals surface area contributed by atoms with Gasteiger partial charge >= 0.3 is 0 Å². The zero-order valence-electron chi connectivity index (χ0n) is 19.0. The number of benzene rings is 1. The number of aliphatic hydroxyl groups excluding tert-OH is 1. The molecule has 0 aromatic heterocycles. The fraction of sp³-hybridized carbons (Fsp3) is 0.609. The number of unbranched alkanes of at least 4 members (excludes halogenated alkanes) is 1. The van der Waals surface area contributed by atoms with Gasteiger partial charge in [0.1, 0.15) is 0 Å². The van der Waals surface area contributed by atoms with Crippen LogP contribution < -0.4 is 5.32 Å². The highest BCUT2D eigenvalue weighted by atomic mass is 32.2. The second kappa shape index (κ2) is 11.2. The summed E-state index contributed by atoms with van der Waals surface area (Å²) >= 11 is 1.14. The van der Waals surface area contributed by atoms with E-state index < -0.39 is 11.5 Å². The Labute approximate surface area is 194 Å². The largest absolute Gasteiger partial charge is 0.757 e. The van der Waals surface area contributed by atoms with E-state index >= 15 is 0 Å². The Morgan fingerprint density at radius 2 is 1.91 bits per heavy atom. The SMILES string of the molecule is CCCCN([O-])C1=NC(O)C(CC(=O)Nc2ccc(C(=O)N3CC(C)CC(C)C3)cc2)S1. The molecule has 2 aliphatic rings. The molecule has 0 bridgehead atoms. The first-order valence-electron chi connectivity index (χ1n) is 11.3. The van der Waals surface area contributed by atoms with Gasteiger partial charge < -0.3 is 25.6 Å². The highest BCUT2D eigenvalue weighted by molar-refractivity contribution is 8.14. The molecule has 2 heterocycles. The Kier molecular flexibility index (Phi) is 8.56. The topological polar surface area (TPSA) is 108 Å². The lowest BCUT2D eigenvalue weighted by atomic mass is 9.91. The molecular weight excluding hydrogens is 428 g/mol. The van der Waals surface area contributed by atoms with Crippen LogP contribution in [0.5, 0.6) is 0 Å². The number of hydroxylamine groups is 2. The van der Waals surface area contributed by atoms with E-state index in [9.17, 15) is 19.9 Å². The number of likely N-dealkylation sites (tertiary alicyclic amines) is 1. The van der Waals surface area contributed by atoms with Crippen LogP contribution in [0.2, 0.25) is 0 Å². The molecule has 0 aliphatic carbocycles. The molecule has 0 radical (unpaired) electrons. The van der Waals surface area contributed by atoms with Crippen LogP contribution in [0.15, 0.2) is 29.3 Å². The van der Waals surface area contributed by atoms with Crippen LogP contribution in [-0.2, 0) is 4.79 Å². The maximum absolute atomic E-state index is 12.8. The summed E-state index contributed by atoms with van der Waals surface area (Å²) in [6, 6.07) is 6.88. The molecule has 1 saturated heterocycles. The summed E-state index contributed by atoms with van der Waals surface area (Å²) < 4.78 is 0. The van der Waals surface area contributed by atoms with E-state index in [1.165, 1.54) is 0 Å². The van der Waals surface area contributed by atoms with E-state index in [2.05, 4.69) is 24.2 Å². The van der Waals surface area contributed by atoms with Gasteiger partial charge in [-0.3, -0.25) is 9.59 Å². The molecule has 0 saturated carbocycles. The summed E-state index contributed by atoms with van der Waals surface area (Å²) in [4.78, 5) is 31.2. The molecule has 4 atom stereocenters. The fourth-order valence-corrected chi connectivity index (χ4v) is 5.26. The second-order valence-electron chi connectivity index (χ2n) is 8.92. The zero-order valence-corrected chi connectivity index (χ0v) is 19.8. The highest BCUT2D eigenvalue weighted by Gasteiger charge is 2.31. The first-order chi connectivity index (χ1) is 15.3. The summed E-state index contributed by atoms with van der Waals surface area (Å²) in [7, 11) is 0. The van der Waals surface area contributed by atoms with Gasteiger partial charge in [-0.05, 0) is 48.9 Å². The number of hydrogen-bond acceptors (Lipinski definition) is 7. The molecule has 8 nitrogen and oxygen atoms in total. The van der Waals surface area contributed by atoms with Gasteiger partial charge in [0.2, 0.25) is 5.91 Å². The van der Waals surface area contributed by atoms with Gasteiger partial charge in [0.25, 0.3) is 5.91 Å². The molecule has 2 aliphatic heterocycles. The first-order valence-corrected chi connectivity index (χ1v) is 12.2. The summed E-state index contributed by atoms with van der Waals surface area (Å²) in [5, 5.41) is 25.5. The van der Waals surface area contributed by atoms with Crippen molar-refractivity contribution in [3.05, 3.63) is 35.0 Å². The van der Waals surface area contributed by atoms with Gasteiger partial charge in [0, 0.05) is 37.3 Å². The highest BCUT2D eigenvalue weighted by Crippen LogP contribution is 2.30. The third kappa shape index (κ3) is 6.46. The minimum absolute atomic E-state index is 0.0154. The molecule has 3 rings (SSSR count). The van der Waals surface area contributed by atoms with Crippen LogP contribution in [-0.4, -0.2) is 63.2 Å². The molecule has 1 aromatic rings. The Balaban J connectivity index is 1.50. The summed E-state index contributed by atoms with van der Waals surface area (Å²) in [6.45, 7) is 8.20. The third-order valence-electron chi connectivity index (χ3n) is 5.72. The molecule has 1 aromatic carbocycles. The Bertz CT molecular complexity index is 822. The van der Waals surface area contributed by atoms with Crippen molar-refractivity contribution in [3.8, 4) is 0 Å². The number of thioether (sulfide) groups is 1. The second-order valence-corrected chi connectivity index (χ2v) is 10.1. The van der Waals surface area contributed by atoms with Crippen molar-refractivity contribution in [2.75, 3.05) is 25.0 Å². The molecule has 176 valence electrons. The minimum Gasteiger partial charge on any atom is -0.757 e. The number of nitrogens with one attached hydrogen (secondary N) is 1. The number of nitrogens with zero attached hydrogens (tertiary/aromatic N) is 3. The lowest BCUT2D eigenvalue weighted by molar-refractivity contribution is -0.116. The number of anilines is 1. The molecule has 2 N–H and O–H groups in total. The molecule has 0 spiro atoms. The van der Waals surface area contributed by atoms with Crippen molar-refractivity contribution in [1.29, 1.82) is 0 Å². The number of aliphatic imine (C=N–C) groups is 1. The van der Waals surface area contributed by atoms with E-state index in [-0.39, 0.29) is 23.4 Å². The number of amidine groups is 1. The number of carbonyl (C=O) groups excluding carboxylic acids is 2. The number of amides is 2. The Hall–Kier alpha value is -2.10. The quantitative estimate of drug-likeness (QED) is 0.602. The van der Waals surface area contributed by atoms with Crippen LogP contribution in [0.3, 0.4) is 0 Å². The van der Waals surface area contributed by atoms with Crippen molar-refractivity contribution >= 4 is 34.4 Å². The van der Waals surface area contributed by atoms with E-state index in [4.69, 9.17) is 0 Å². The number of aliphatic hydroxyl groups is 1. The standard InChI is InChI=1S/C23H33N4O4S/c1-4-5-10-27(31)23-25-21(29)19(32-23)12-20(28)24-18-8-6-17(7-9-18)22(30)26-13-15(2)11-16(3)14-26/h6-9,15-16,19,21,29H,4-5,10-14H2,1-3H3,(H,24,28)/q-1. The molecule has 4 unspecified atom stereocenters. The number of hydrogen-bond donors (Lipinski definition) is 2. The smallest absolute Gasteiger partial charge is 0.253 e. The van der Waals surface area contributed by atoms with Crippen molar-refractivity contribution in [1.82, 2.24) is 9.96 Å². The summed E-state index contributed by atoms with van der Waals surface area (Å²) in [5.41, 5.74) is 1.19. The normalized spacial score (nSPS) is 25.4. The molecular formula is C23H33N4O4S-.